The predicted molar refractivity (Wildman–Crippen MR) is 98.1 cm³/mol. The number of sulfonamides is 1. The summed E-state index contributed by atoms with van der Waals surface area (Å²) in [4.78, 5) is 24.7. The average molecular weight is 372 g/mol. The molecule has 1 aliphatic heterocycles. The van der Waals surface area contributed by atoms with Gasteiger partial charge in [0.15, 0.2) is 0 Å². The van der Waals surface area contributed by atoms with Crippen LogP contribution in [0.3, 0.4) is 0 Å². The van der Waals surface area contributed by atoms with Gasteiger partial charge >= 0.3 is 0 Å². The minimum absolute atomic E-state index is 0.111. The van der Waals surface area contributed by atoms with Crippen molar-refractivity contribution in [2.24, 2.45) is 0 Å². The monoisotopic (exact) mass is 372 g/mol. The SMILES string of the molecule is O=C1CCC(=O)N1c1ccc(S(=O)(=O)NCCCc2ccccc2)cc1. The Morgan fingerprint density at radius 3 is 2.12 bits per heavy atom. The van der Waals surface area contributed by atoms with Gasteiger partial charge in [0.2, 0.25) is 21.8 Å². The first-order chi connectivity index (χ1) is 12.5. The number of nitrogens with zero attached hydrogens (tertiary/aromatic N) is 1. The summed E-state index contributed by atoms with van der Waals surface area (Å²) in [6.45, 7) is 0.335. The molecule has 1 heterocycles. The van der Waals surface area contributed by atoms with Gasteiger partial charge in [-0.2, -0.15) is 0 Å². The second-order valence-electron chi connectivity index (χ2n) is 6.10. The number of carbonyl (C=O) groups is 2. The zero-order valence-electron chi connectivity index (χ0n) is 14.2. The standard InChI is InChI=1S/C19H20N2O4S/c22-18-12-13-19(23)21(18)16-8-10-17(11-9-16)26(24,25)20-14-4-7-15-5-2-1-3-6-15/h1-3,5-6,8-11,20H,4,7,12-14H2. The minimum atomic E-state index is -3.62. The topological polar surface area (TPSA) is 83.6 Å². The summed E-state index contributed by atoms with van der Waals surface area (Å²) in [5.74, 6) is -0.519. The molecule has 26 heavy (non-hydrogen) atoms. The molecule has 1 saturated heterocycles. The van der Waals surface area contributed by atoms with E-state index in [9.17, 15) is 18.0 Å². The summed E-state index contributed by atoms with van der Waals surface area (Å²) in [5, 5.41) is 0. The van der Waals surface area contributed by atoms with Gasteiger partial charge in [-0.05, 0) is 42.7 Å². The summed E-state index contributed by atoms with van der Waals surface area (Å²) >= 11 is 0. The maximum Gasteiger partial charge on any atom is 0.240 e. The Morgan fingerprint density at radius 2 is 1.50 bits per heavy atom. The van der Waals surface area contributed by atoms with Gasteiger partial charge in [0.25, 0.3) is 0 Å². The molecular weight excluding hydrogens is 352 g/mol. The first-order valence-corrected chi connectivity index (χ1v) is 9.95. The van der Waals surface area contributed by atoms with Crippen molar-refractivity contribution in [2.75, 3.05) is 11.4 Å². The van der Waals surface area contributed by atoms with Crippen molar-refractivity contribution in [1.82, 2.24) is 4.72 Å². The molecule has 3 rings (SSSR count). The third-order valence-electron chi connectivity index (χ3n) is 4.23. The van der Waals surface area contributed by atoms with Crippen LogP contribution < -0.4 is 9.62 Å². The van der Waals surface area contributed by atoms with Crippen molar-refractivity contribution >= 4 is 27.5 Å². The molecule has 7 heteroatoms. The van der Waals surface area contributed by atoms with Gasteiger partial charge in [0.05, 0.1) is 10.6 Å². The Kier molecular flexibility index (Phi) is 5.49. The number of rotatable bonds is 7. The van der Waals surface area contributed by atoms with E-state index in [-0.39, 0.29) is 29.6 Å². The van der Waals surface area contributed by atoms with E-state index >= 15 is 0 Å². The molecule has 1 N–H and O–H groups in total. The molecule has 2 aromatic rings. The van der Waals surface area contributed by atoms with Gasteiger partial charge < -0.3 is 0 Å². The molecule has 2 aromatic carbocycles. The van der Waals surface area contributed by atoms with E-state index in [1.54, 1.807) is 0 Å². The molecule has 0 unspecified atom stereocenters. The molecule has 0 atom stereocenters. The molecular formula is C19H20N2O4S. The Labute approximate surface area is 152 Å². The molecule has 1 fully saturated rings. The highest BCUT2D eigenvalue weighted by Gasteiger charge is 2.30. The predicted octanol–water partition coefficient (Wildman–Crippen LogP) is 2.25. The van der Waals surface area contributed by atoms with E-state index in [0.29, 0.717) is 18.7 Å². The quantitative estimate of drug-likeness (QED) is 0.597. The van der Waals surface area contributed by atoms with Gasteiger partial charge in [-0.15, -0.1) is 0 Å². The number of anilines is 1. The van der Waals surface area contributed by atoms with E-state index in [4.69, 9.17) is 0 Å². The van der Waals surface area contributed by atoms with Gasteiger partial charge in [-0.3, -0.25) is 14.5 Å². The van der Waals surface area contributed by atoms with Crippen molar-refractivity contribution in [3.63, 3.8) is 0 Å². The lowest BCUT2D eigenvalue weighted by molar-refractivity contribution is -0.121. The molecule has 136 valence electrons. The van der Waals surface area contributed by atoms with Gasteiger partial charge in [0, 0.05) is 19.4 Å². The number of nitrogens with one attached hydrogen (secondary N) is 1. The van der Waals surface area contributed by atoms with Crippen LogP contribution >= 0.6 is 0 Å². The van der Waals surface area contributed by atoms with Crippen LogP contribution in [0.4, 0.5) is 5.69 Å². The number of hydrogen-bond donors (Lipinski definition) is 1. The van der Waals surface area contributed by atoms with E-state index in [0.717, 1.165) is 16.9 Å². The second-order valence-corrected chi connectivity index (χ2v) is 7.87. The van der Waals surface area contributed by atoms with Crippen LogP contribution in [0.1, 0.15) is 24.8 Å². The molecule has 1 aliphatic rings. The lowest BCUT2D eigenvalue weighted by Crippen LogP contribution is -2.29. The highest BCUT2D eigenvalue weighted by molar-refractivity contribution is 7.89. The third kappa shape index (κ3) is 4.17. The highest BCUT2D eigenvalue weighted by atomic mass is 32.2. The first kappa shape index (κ1) is 18.3. The molecule has 0 aliphatic carbocycles. The van der Waals surface area contributed by atoms with E-state index in [1.807, 2.05) is 30.3 Å². The largest absolute Gasteiger partial charge is 0.274 e. The molecule has 0 spiro atoms. The summed E-state index contributed by atoms with van der Waals surface area (Å²) in [7, 11) is -3.62. The number of hydrogen-bond acceptors (Lipinski definition) is 4. The molecule has 6 nitrogen and oxygen atoms in total. The first-order valence-electron chi connectivity index (χ1n) is 8.47. The van der Waals surface area contributed by atoms with E-state index in [1.165, 1.54) is 24.3 Å². The summed E-state index contributed by atoms with van der Waals surface area (Å²) < 4.78 is 27.3. The molecule has 0 radical (unpaired) electrons. The zero-order chi connectivity index (χ0) is 18.6. The highest BCUT2D eigenvalue weighted by Crippen LogP contribution is 2.23. The van der Waals surface area contributed by atoms with Gasteiger partial charge in [0.1, 0.15) is 0 Å². The summed E-state index contributed by atoms with van der Waals surface area (Å²) in [6, 6.07) is 15.7. The van der Waals surface area contributed by atoms with Crippen molar-refractivity contribution in [3.05, 3.63) is 60.2 Å². The molecule has 0 bridgehead atoms. The Bertz CT molecular complexity index is 877. The normalized spacial score (nSPS) is 14.8. The molecule has 0 aromatic heterocycles. The van der Waals surface area contributed by atoms with Gasteiger partial charge in [-0.25, -0.2) is 13.1 Å². The molecule has 0 saturated carbocycles. The maximum absolute atomic E-state index is 12.3. The van der Waals surface area contributed by atoms with Crippen LogP contribution in [0.25, 0.3) is 0 Å². The van der Waals surface area contributed by atoms with Crippen molar-refractivity contribution < 1.29 is 18.0 Å². The maximum atomic E-state index is 12.3. The Balaban J connectivity index is 1.59. The number of amides is 2. The average Bonchev–Trinajstić information content (AvgIpc) is 2.98. The van der Waals surface area contributed by atoms with Crippen LogP contribution in [0.15, 0.2) is 59.5 Å². The number of aryl methyl sites for hydroxylation is 1. The fraction of sp³-hybridized carbons (Fsp3) is 0.263. The number of carbonyl (C=O) groups excluding carboxylic acids is 2. The van der Waals surface area contributed by atoms with E-state index in [2.05, 4.69) is 4.72 Å². The fourth-order valence-corrected chi connectivity index (χ4v) is 3.94. The van der Waals surface area contributed by atoms with Crippen LogP contribution in [-0.2, 0) is 26.0 Å². The van der Waals surface area contributed by atoms with Crippen LogP contribution in [0.2, 0.25) is 0 Å². The van der Waals surface area contributed by atoms with Crippen molar-refractivity contribution in [1.29, 1.82) is 0 Å². The lowest BCUT2D eigenvalue weighted by atomic mass is 10.1. The minimum Gasteiger partial charge on any atom is -0.274 e. The Morgan fingerprint density at radius 1 is 0.885 bits per heavy atom. The lowest BCUT2D eigenvalue weighted by Gasteiger charge is -2.14. The smallest absolute Gasteiger partial charge is 0.240 e. The van der Waals surface area contributed by atoms with Crippen molar-refractivity contribution in [3.8, 4) is 0 Å². The fourth-order valence-electron chi connectivity index (χ4n) is 2.87. The molecule has 2 amide bonds. The third-order valence-corrected chi connectivity index (χ3v) is 5.71. The summed E-state index contributed by atoms with van der Waals surface area (Å²) in [6.07, 6.45) is 1.88. The zero-order valence-corrected chi connectivity index (χ0v) is 15.0. The Hall–Kier alpha value is -2.51. The van der Waals surface area contributed by atoms with Gasteiger partial charge in [-0.1, -0.05) is 30.3 Å². The second kappa shape index (κ2) is 7.80. The van der Waals surface area contributed by atoms with E-state index < -0.39 is 10.0 Å². The summed E-state index contributed by atoms with van der Waals surface area (Å²) in [5.41, 5.74) is 1.57. The van der Waals surface area contributed by atoms with Crippen LogP contribution in [0.5, 0.6) is 0 Å². The van der Waals surface area contributed by atoms with Crippen LogP contribution in [0, 0.1) is 0 Å². The van der Waals surface area contributed by atoms with Crippen molar-refractivity contribution in [2.45, 2.75) is 30.6 Å². The number of imide groups is 1. The van der Waals surface area contributed by atoms with Crippen LogP contribution in [-0.4, -0.2) is 26.8 Å². The number of benzene rings is 2.